The summed E-state index contributed by atoms with van der Waals surface area (Å²) < 4.78 is 5.26. The van der Waals surface area contributed by atoms with Gasteiger partial charge in [0.15, 0.2) is 0 Å². The van der Waals surface area contributed by atoms with E-state index < -0.39 is 5.97 Å². The molecular formula is C31H30N2O4S2. The van der Waals surface area contributed by atoms with E-state index in [2.05, 4.69) is 0 Å². The maximum Gasteiger partial charge on any atom is 0.337 e. The largest absolute Gasteiger partial charge is 0.465 e. The van der Waals surface area contributed by atoms with Gasteiger partial charge in [-0.05, 0) is 54.3 Å². The molecule has 0 saturated carbocycles. The van der Waals surface area contributed by atoms with Crippen LogP contribution >= 0.6 is 24.0 Å². The number of para-hydroxylation sites is 1. The Hall–Kier alpha value is -3.75. The summed E-state index contributed by atoms with van der Waals surface area (Å²) in [6, 6.07) is 26.6. The minimum Gasteiger partial charge on any atom is -0.465 e. The number of carbonyl (C=O) groups is 3. The third-order valence-corrected chi connectivity index (χ3v) is 7.71. The maximum atomic E-state index is 13.2. The third-order valence-electron chi connectivity index (χ3n) is 6.33. The normalized spacial score (nSPS) is 14.1. The number of ether oxygens (including phenoxy) is 1. The predicted octanol–water partition coefficient (Wildman–Crippen LogP) is 6.47. The summed E-state index contributed by atoms with van der Waals surface area (Å²) in [4.78, 5) is 41.8. The van der Waals surface area contributed by atoms with Gasteiger partial charge >= 0.3 is 5.97 Å². The minimum absolute atomic E-state index is 0.0804. The van der Waals surface area contributed by atoms with E-state index in [1.807, 2.05) is 65.6 Å². The first kappa shape index (κ1) is 28.3. The second-order valence-electron chi connectivity index (χ2n) is 9.06. The lowest BCUT2D eigenvalue weighted by Crippen LogP contribution is -2.30. The molecule has 3 aromatic carbocycles. The van der Waals surface area contributed by atoms with E-state index in [0.29, 0.717) is 34.3 Å². The number of amides is 2. The predicted molar refractivity (Wildman–Crippen MR) is 160 cm³/mol. The number of esters is 1. The van der Waals surface area contributed by atoms with Crippen LogP contribution in [0.1, 0.15) is 47.2 Å². The molecule has 200 valence electrons. The van der Waals surface area contributed by atoms with Gasteiger partial charge in [-0.2, -0.15) is 0 Å². The molecule has 0 aliphatic carbocycles. The van der Waals surface area contributed by atoms with Gasteiger partial charge in [0.1, 0.15) is 4.32 Å². The van der Waals surface area contributed by atoms with Gasteiger partial charge in [-0.15, -0.1) is 0 Å². The van der Waals surface area contributed by atoms with Gasteiger partial charge in [0.2, 0.25) is 5.91 Å². The summed E-state index contributed by atoms with van der Waals surface area (Å²) in [6.07, 6.45) is 4.51. The molecule has 0 N–H and O–H groups in total. The lowest BCUT2D eigenvalue weighted by Gasteiger charge is -2.23. The summed E-state index contributed by atoms with van der Waals surface area (Å²) in [5, 5.41) is 0. The summed E-state index contributed by atoms with van der Waals surface area (Å²) in [6.45, 7) is 1.04. The zero-order valence-corrected chi connectivity index (χ0v) is 23.4. The molecule has 0 unspecified atom stereocenters. The molecule has 0 radical (unpaired) electrons. The topological polar surface area (TPSA) is 66.9 Å². The zero-order valence-electron chi connectivity index (χ0n) is 21.7. The van der Waals surface area contributed by atoms with E-state index in [-0.39, 0.29) is 11.8 Å². The fourth-order valence-corrected chi connectivity index (χ4v) is 5.54. The number of nitrogens with zero attached hydrogens (tertiary/aromatic N) is 2. The number of hydrogen-bond acceptors (Lipinski definition) is 6. The van der Waals surface area contributed by atoms with Crippen molar-refractivity contribution in [2.45, 2.75) is 32.2 Å². The molecule has 1 aliphatic heterocycles. The number of rotatable bonds is 11. The molecule has 4 rings (SSSR count). The Bertz CT molecular complexity index is 1340. The van der Waals surface area contributed by atoms with Crippen molar-refractivity contribution in [2.75, 3.05) is 18.6 Å². The van der Waals surface area contributed by atoms with Gasteiger partial charge in [-0.3, -0.25) is 14.5 Å². The Balaban J connectivity index is 1.27. The van der Waals surface area contributed by atoms with Crippen LogP contribution in [0.5, 0.6) is 0 Å². The van der Waals surface area contributed by atoms with Crippen LogP contribution in [0.25, 0.3) is 6.08 Å². The fourth-order valence-electron chi connectivity index (χ4n) is 4.23. The molecule has 1 aliphatic rings. The van der Waals surface area contributed by atoms with Gasteiger partial charge in [-0.25, -0.2) is 4.79 Å². The summed E-state index contributed by atoms with van der Waals surface area (Å²) in [7, 11) is 1.34. The first-order chi connectivity index (χ1) is 19.0. The maximum absolute atomic E-state index is 13.2. The van der Waals surface area contributed by atoms with Crippen molar-refractivity contribution < 1.29 is 19.1 Å². The van der Waals surface area contributed by atoms with Crippen LogP contribution in [0.4, 0.5) is 5.69 Å². The first-order valence-electron chi connectivity index (χ1n) is 12.8. The van der Waals surface area contributed by atoms with E-state index in [1.54, 1.807) is 35.2 Å². The van der Waals surface area contributed by atoms with Crippen LogP contribution in [0, 0.1) is 0 Å². The number of benzene rings is 3. The molecule has 3 aromatic rings. The van der Waals surface area contributed by atoms with Crippen LogP contribution in [0.15, 0.2) is 89.8 Å². The number of unbranched alkanes of at least 4 members (excludes halogenated alkanes) is 2. The molecule has 0 aromatic heterocycles. The number of thioether (sulfide) groups is 1. The van der Waals surface area contributed by atoms with Gasteiger partial charge in [-0.1, -0.05) is 91.1 Å². The van der Waals surface area contributed by atoms with Gasteiger partial charge < -0.3 is 9.64 Å². The third kappa shape index (κ3) is 7.65. The molecule has 0 spiro atoms. The summed E-state index contributed by atoms with van der Waals surface area (Å²) in [5.41, 5.74) is 3.22. The molecule has 2 amide bonds. The van der Waals surface area contributed by atoms with E-state index in [4.69, 9.17) is 17.0 Å². The summed E-state index contributed by atoms with van der Waals surface area (Å²) in [5.74, 6) is -0.438. The SMILES string of the molecule is COC(=O)c1ccc(/C=C2\SC(=S)N(CCCCCC(=O)N(Cc3ccccc3)c3ccccc3)C2=O)cc1. The molecule has 1 saturated heterocycles. The Morgan fingerprint density at radius 1 is 0.923 bits per heavy atom. The Morgan fingerprint density at radius 2 is 1.59 bits per heavy atom. The van der Waals surface area contributed by atoms with Gasteiger partial charge in [0, 0.05) is 18.7 Å². The van der Waals surface area contributed by atoms with Gasteiger partial charge in [0.25, 0.3) is 5.91 Å². The van der Waals surface area contributed by atoms with Crippen LogP contribution in [-0.2, 0) is 20.9 Å². The highest BCUT2D eigenvalue weighted by atomic mass is 32.2. The monoisotopic (exact) mass is 558 g/mol. The highest BCUT2D eigenvalue weighted by Gasteiger charge is 2.31. The van der Waals surface area contributed by atoms with Crippen molar-refractivity contribution in [1.82, 2.24) is 4.90 Å². The van der Waals surface area contributed by atoms with E-state index in [1.165, 1.54) is 18.9 Å². The number of anilines is 1. The number of methoxy groups -OCH3 is 1. The quantitative estimate of drug-likeness (QED) is 0.116. The lowest BCUT2D eigenvalue weighted by atomic mass is 10.1. The second-order valence-corrected chi connectivity index (χ2v) is 10.7. The van der Waals surface area contributed by atoms with Crippen molar-refractivity contribution in [1.29, 1.82) is 0 Å². The van der Waals surface area contributed by atoms with Crippen LogP contribution < -0.4 is 4.90 Å². The standard InChI is InChI=1S/C31H30N2O4S2/c1-37-30(36)25-18-16-23(17-19-25)21-27-29(35)32(31(38)39-27)20-10-4-9-15-28(34)33(26-13-7-3-8-14-26)22-24-11-5-2-6-12-24/h2-3,5-8,11-14,16-19,21H,4,9-10,15,20,22H2,1H3/b27-21-. The van der Waals surface area contributed by atoms with E-state index in [0.717, 1.165) is 36.1 Å². The fraction of sp³-hybridized carbons (Fsp3) is 0.226. The van der Waals surface area contributed by atoms with Gasteiger partial charge in [0.05, 0.1) is 24.1 Å². The van der Waals surface area contributed by atoms with Crippen molar-refractivity contribution >= 4 is 57.8 Å². The Kier molecular flexibility index (Phi) is 10.1. The van der Waals surface area contributed by atoms with Crippen molar-refractivity contribution in [3.8, 4) is 0 Å². The Morgan fingerprint density at radius 3 is 2.26 bits per heavy atom. The average molecular weight is 559 g/mol. The second kappa shape index (κ2) is 13.9. The highest BCUT2D eigenvalue weighted by Crippen LogP contribution is 2.33. The zero-order chi connectivity index (χ0) is 27.6. The molecule has 8 heteroatoms. The van der Waals surface area contributed by atoms with Crippen LogP contribution in [0.2, 0.25) is 0 Å². The molecule has 1 heterocycles. The van der Waals surface area contributed by atoms with Crippen molar-refractivity contribution in [2.24, 2.45) is 0 Å². The van der Waals surface area contributed by atoms with E-state index >= 15 is 0 Å². The number of thiocarbonyl (C=S) groups is 1. The number of hydrogen-bond donors (Lipinski definition) is 0. The number of carbonyl (C=O) groups excluding carboxylic acids is 3. The molecule has 0 bridgehead atoms. The molecule has 1 fully saturated rings. The summed E-state index contributed by atoms with van der Waals surface area (Å²) >= 11 is 6.74. The van der Waals surface area contributed by atoms with Crippen LogP contribution in [-0.4, -0.2) is 40.7 Å². The molecule has 39 heavy (non-hydrogen) atoms. The minimum atomic E-state index is -0.404. The molecule has 6 nitrogen and oxygen atoms in total. The average Bonchev–Trinajstić information content (AvgIpc) is 3.23. The van der Waals surface area contributed by atoms with Crippen LogP contribution in [0.3, 0.4) is 0 Å². The molecular weight excluding hydrogens is 528 g/mol. The van der Waals surface area contributed by atoms with Crippen molar-refractivity contribution in [3.63, 3.8) is 0 Å². The Labute approximate surface area is 238 Å². The highest BCUT2D eigenvalue weighted by molar-refractivity contribution is 8.26. The van der Waals surface area contributed by atoms with Crippen molar-refractivity contribution in [3.05, 3.63) is 107 Å². The molecule has 0 atom stereocenters. The van der Waals surface area contributed by atoms with E-state index in [9.17, 15) is 14.4 Å². The lowest BCUT2D eigenvalue weighted by molar-refractivity contribution is -0.122. The smallest absolute Gasteiger partial charge is 0.337 e. The first-order valence-corrected chi connectivity index (χ1v) is 14.0.